The topological polar surface area (TPSA) is 55.2 Å². The van der Waals surface area contributed by atoms with Gasteiger partial charge in [-0.15, -0.1) is 11.8 Å². The van der Waals surface area contributed by atoms with Gasteiger partial charge in [-0.3, -0.25) is 14.2 Å². The zero-order valence-electron chi connectivity index (χ0n) is 15.7. The van der Waals surface area contributed by atoms with Gasteiger partial charge in [-0.1, -0.05) is 23.9 Å². The van der Waals surface area contributed by atoms with Gasteiger partial charge < -0.3 is 4.90 Å². The van der Waals surface area contributed by atoms with E-state index in [0.29, 0.717) is 32.6 Å². The first-order valence-corrected chi connectivity index (χ1v) is 11.5. The van der Waals surface area contributed by atoms with E-state index >= 15 is 0 Å². The van der Waals surface area contributed by atoms with Crippen molar-refractivity contribution in [3.05, 3.63) is 64.7 Å². The van der Waals surface area contributed by atoms with E-state index in [-0.39, 0.29) is 17.3 Å². The number of halogens is 1. The second kappa shape index (κ2) is 9.00. The lowest BCUT2D eigenvalue weighted by atomic mass is 10.2. The average molecular weight is 430 g/mol. The zero-order chi connectivity index (χ0) is 20.2. The predicted octanol–water partition coefficient (Wildman–Crippen LogP) is 3.93. The molecular formula is C21H20FN3O2S2. The first-order valence-electron chi connectivity index (χ1n) is 9.39. The van der Waals surface area contributed by atoms with Crippen molar-refractivity contribution in [3.8, 4) is 5.69 Å². The minimum atomic E-state index is -0.360. The average Bonchev–Trinajstić information content (AvgIpc) is 3.27. The van der Waals surface area contributed by atoms with Crippen molar-refractivity contribution < 1.29 is 9.18 Å². The van der Waals surface area contributed by atoms with E-state index in [1.165, 1.54) is 40.2 Å². The molecule has 0 unspecified atom stereocenters. The van der Waals surface area contributed by atoms with Crippen molar-refractivity contribution in [2.45, 2.75) is 18.0 Å². The molecule has 4 rings (SSSR count). The molecule has 8 heteroatoms. The maximum absolute atomic E-state index is 13.4. The highest BCUT2D eigenvalue weighted by Gasteiger charge is 2.18. The Morgan fingerprint density at radius 2 is 1.79 bits per heavy atom. The lowest BCUT2D eigenvalue weighted by Gasteiger charge is -2.15. The van der Waals surface area contributed by atoms with E-state index in [1.807, 2.05) is 11.0 Å². The number of rotatable bonds is 6. The van der Waals surface area contributed by atoms with Gasteiger partial charge >= 0.3 is 0 Å². The summed E-state index contributed by atoms with van der Waals surface area (Å²) in [7, 11) is 0. The van der Waals surface area contributed by atoms with Crippen LogP contribution in [0.3, 0.4) is 0 Å². The second-order valence-electron chi connectivity index (χ2n) is 6.73. The van der Waals surface area contributed by atoms with Crippen LogP contribution in [0.4, 0.5) is 4.39 Å². The number of thioether (sulfide) groups is 2. The minimum Gasteiger partial charge on any atom is -0.342 e. The lowest BCUT2D eigenvalue weighted by Crippen LogP contribution is -2.29. The van der Waals surface area contributed by atoms with Crippen LogP contribution in [-0.4, -0.2) is 44.3 Å². The Bertz CT molecular complexity index is 1080. The molecule has 2 aromatic carbocycles. The van der Waals surface area contributed by atoms with Crippen LogP contribution >= 0.6 is 23.5 Å². The predicted molar refractivity (Wildman–Crippen MR) is 116 cm³/mol. The molecule has 0 aliphatic carbocycles. The molecule has 5 nitrogen and oxygen atoms in total. The number of amides is 1. The molecule has 1 aliphatic rings. The van der Waals surface area contributed by atoms with E-state index in [0.717, 1.165) is 25.9 Å². The molecule has 1 amide bonds. The molecule has 1 fully saturated rings. The molecule has 29 heavy (non-hydrogen) atoms. The highest BCUT2D eigenvalue weighted by molar-refractivity contribution is 8.16. The molecule has 0 atom stereocenters. The summed E-state index contributed by atoms with van der Waals surface area (Å²) in [5.74, 6) is 0.220. The summed E-state index contributed by atoms with van der Waals surface area (Å²) in [5, 5.41) is 1.63. The van der Waals surface area contributed by atoms with Crippen molar-refractivity contribution in [1.29, 1.82) is 0 Å². The van der Waals surface area contributed by atoms with Gasteiger partial charge in [-0.05, 0) is 49.2 Å². The number of hydrogen-bond donors (Lipinski definition) is 0. The summed E-state index contributed by atoms with van der Waals surface area (Å²) < 4.78 is 14.9. The number of carbonyl (C=O) groups excluding carboxylic acids is 1. The number of para-hydroxylation sites is 1. The van der Waals surface area contributed by atoms with Crippen LogP contribution in [0.5, 0.6) is 0 Å². The lowest BCUT2D eigenvalue weighted by molar-refractivity contribution is -0.127. The summed E-state index contributed by atoms with van der Waals surface area (Å²) in [6, 6.07) is 13.0. The SMILES string of the molecule is O=C(CSCSc1nc2ccccc2c(=O)n1-c1ccc(F)cc1)N1CCCC1. The fourth-order valence-electron chi connectivity index (χ4n) is 3.31. The quantitative estimate of drug-likeness (QED) is 0.257. The van der Waals surface area contributed by atoms with E-state index in [1.54, 1.807) is 30.3 Å². The molecule has 1 aromatic heterocycles. The fourth-order valence-corrected chi connectivity index (χ4v) is 5.23. The number of benzene rings is 2. The minimum absolute atomic E-state index is 0.162. The van der Waals surface area contributed by atoms with Gasteiger partial charge in [0.05, 0.1) is 22.3 Å². The standard InChI is InChI=1S/C21H20FN3O2S2/c22-15-7-9-16(10-8-15)25-20(27)17-5-1-2-6-18(17)23-21(25)29-14-28-13-19(26)24-11-3-4-12-24/h1-2,5-10H,3-4,11-14H2. The third-order valence-electron chi connectivity index (χ3n) is 4.79. The Labute approximate surface area is 176 Å². The van der Waals surface area contributed by atoms with Crippen LogP contribution in [0.2, 0.25) is 0 Å². The second-order valence-corrected chi connectivity index (χ2v) is 9.02. The summed E-state index contributed by atoms with van der Waals surface area (Å²) in [6.45, 7) is 1.70. The van der Waals surface area contributed by atoms with Gasteiger partial charge in [0.25, 0.3) is 5.56 Å². The zero-order valence-corrected chi connectivity index (χ0v) is 17.3. The third kappa shape index (κ3) is 4.48. The van der Waals surface area contributed by atoms with Crippen LogP contribution in [0.1, 0.15) is 12.8 Å². The van der Waals surface area contributed by atoms with E-state index in [4.69, 9.17) is 0 Å². The first kappa shape index (κ1) is 20.0. The third-order valence-corrected chi connectivity index (χ3v) is 6.91. The normalized spacial score (nSPS) is 13.9. The van der Waals surface area contributed by atoms with Gasteiger partial charge in [0.1, 0.15) is 5.82 Å². The number of fused-ring (bicyclic) bond motifs is 1. The van der Waals surface area contributed by atoms with Crippen molar-refractivity contribution in [2.24, 2.45) is 0 Å². The van der Waals surface area contributed by atoms with Crippen LogP contribution < -0.4 is 5.56 Å². The first-order chi connectivity index (χ1) is 14.1. The maximum Gasteiger partial charge on any atom is 0.266 e. The van der Waals surface area contributed by atoms with Crippen molar-refractivity contribution in [3.63, 3.8) is 0 Å². The number of likely N-dealkylation sites (tertiary alicyclic amines) is 1. The van der Waals surface area contributed by atoms with Gasteiger partial charge in [0, 0.05) is 18.2 Å². The number of nitrogens with zero attached hydrogens (tertiary/aromatic N) is 3. The van der Waals surface area contributed by atoms with E-state index in [2.05, 4.69) is 4.98 Å². The number of hydrogen-bond acceptors (Lipinski definition) is 5. The summed E-state index contributed by atoms with van der Waals surface area (Å²) in [4.78, 5) is 31.8. The van der Waals surface area contributed by atoms with Gasteiger partial charge in [0.2, 0.25) is 5.91 Å². The van der Waals surface area contributed by atoms with Crippen LogP contribution in [0.25, 0.3) is 16.6 Å². The van der Waals surface area contributed by atoms with Gasteiger partial charge in [0.15, 0.2) is 5.16 Å². The van der Waals surface area contributed by atoms with Crippen LogP contribution in [0.15, 0.2) is 58.5 Å². The molecule has 0 saturated carbocycles. The summed E-state index contributed by atoms with van der Waals surface area (Å²) in [6.07, 6.45) is 2.16. The molecule has 0 radical (unpaired) electrons. The molecule has 0 spiro atoms. The van der Waals surface area contributed by atoms with E-state index in [9.17, 15) is 14.0 Å². The highest BCUT2D eigenvalue weighted by Crippen LogP contribution is 2.25. The molecule has 0 bridgehead atoms. The Kier molecular flexibility index (Phi) is 6.20. The Morgan fingerprint density at radius 1 is 1.07 bits per heavy atom. The fraction of sp³-hybridized carbons (Fsp3) is 0.286. The summed E-state index contributed by atoms with van der Waals surface area (Å²) in [5.41, 5.74) is 0.995. The molecule has 150 valence electrons. The maximum atomic E-state index is 13.4. The molecule has 1 saturated heterocycles. The number of carbonyl (C=O) groups is 1. The van der Waals surface area contributed by atoms with E-state index < -0.39 is 0 Å². The van der Waals surface area contributed by atoms with Crippen LogP contribution in [-0.2, 0) is 4.79 Å². The van der Waals surface area contributed by atoms with Crippen molar-refractivity contribution >= 4 is 40.3 Å². The Morgan fingerprint density at radius 3 is 2.55 bits per heavy atom. The largest absolute Gasteiger partial charge is 0.342 e. The monoisotopic (exact) mass is 429 g/mol. The molecule has 0 N–H and O–H groups in total. The molecule has 1 aliphatic heterocycles. The van der Waals surface area contributed by atoms with Gasteiger partial charge in [-0.25, -0.2) is 9.37 Å². The molecular weight excluding hydrogens is 409 g/mol. The van der Waals surface area contributed by atoms with Gasteiger partial charge in [-0.2, -0.15) is 0 Å². The Hall–Kier alpha value is -2.32. The molecule has 2 heterocycles. The molecule has 3 aromatic rings. The van der Waals surface area contributed by atoms with Crippen LogP contribution in [0, 0.1) is 5.82 Å². The smallest absolute Gasteiger partial charge is 0.266 e. The van der Waals surface area contributed by atoms with Crippen molar-refractivity contribution in [1.82, 2.24) is 14.5 Å². The summed E-state index contributed by atoms with van der Waals surface area (Å²) >= 11 is 2.93. The Balaban J connectivity index is 1.57. The van der Waals surface area contributed by atoms with Crippen molar-refractivity contribution in [2.75, 3.05) is 23.9 Å². The highest BCUT2D eigenvalue weighted by atomic mass is 32.2. The number of aromatic nitrogens is 2.